The van der Waals surface area contributed by atoms with E-state index < -0.39 is 5.97 Å². The molecule has 0 saturated carbocycles. The number of nitrogens with one attached hydrogen (secondary N) is 1. The standard InChI is InChI=1S/C14H15ClN2O2/c1-8(2)11-12(14(18)19-3)17-13(16-11)9-5-4-6-10(15)7-9/h4-8H,1-3H3,(H,16,17). The maximum Gasteiger partial charge on any atom is 0.358 e. The van der Waals surface area contributed by atoms with Crippen LogP contribution < -0.4 is 0 Å². The molecule has 1 heterocycles. The van der Waals surface area contributed by atoms with Crippen LogP contribution >= 0.6 is 11.6 Å². The molecule has 0 spiro atoms. The van der Waals surface area contributed by atoms with Crippen molar-refractivity contribution in [3.05, 3.63) is 40.7 Å². The van der Waals surface area contributed by atoms with E-state index in [-0.39, 0.29) is 5.92 Å². The number of hydrogen-bond acceptors (Lipinski definition) is 3. The zero-order chi connectivity index (χ0) is 14.0. The number of ether oxygens (including phenoxy) is 1. The van der Waals surface area contributed by atoms with Crippen molar-refractivity contribution in [1.29, 1.82) is 0 Å². The largest absolute Gasteiger partial charge is 0.464 e. The molecule has 19 heavy (non-hydrogen) atoms. The molecule has 1 aromatic heterocycles. The second-order valence-corrected chi connectivity index (χ2v) is 4.94. The number of imidazole rings is 1. The van der Waals surface area contributed by atoms with Crippen molar-refractivity contribution in [2.24, 2.45) is 0 Å². The fourth-order valence-electron chi connectivity index (χ4n) is 1.83. The van der Waals surface area contributed by atoms with Gasteiger partial charge in [0.05, 0.1) is 12.8 Å². The molecule has 0 bridgehead atoms. The van der Waals surface area contributed by atoms with Crippen LogP contribution in [-0.2, 0) is 4.74 Å². The molecule has 0 saturated heterocycles. The quantitative estimate of drug-likeness (QED) is 0.872. The summed E-state index contributed by atoms with van der Waals surface area (Å²) in [6, 6.07) is 7.31. The molecule has 0 aliphatic heterocycles. The molecule has 0 atom stereocenters. The predicted molar refractivity (Wildman–Crippen MR) is 74.5 cm³/mol. The Kier molecular flexibility index (Phi) is 3.90. The molecule has 2 aromatic rings. The number of aromatic amines is 1. The number of aromatic nitrogens is 2. The van der Waals surface area contributed by atoms with E-state index in [0.29, 0.717) is 16.5 Å². The van der Waals surface area contributed by atoms with Crippen molar-refractivity contribution in [2.45, 2.75) is 19.8 Å². The second-order valence-electron chi connectivity index (χ2n) is 4.50. The lowest BCUT2D eigenvalue weighted by Crippen LogP contribution is -2.06. The molecule has 100 valence electrons. The van der Waals surface area contributed by atoms with Crippen LogP contribution in [0.4, 0.5) is 0 Å². The van der Waals surface area contributed by atoms with Crippen LogP contribution in [0.5, 0.6) is 0 Å². The van der Waals surface area contributed by atoms with E-state index in [9.17, 15) is 4.79 Å². The molecule has 0 radical (unpaired) electrons. The van der Waals surface area contributed by atoms with Crippen molar-refractivity contribution in [3.63, 3.8) is 0 Å². The van der Waals surface area contributed by atoms with E-state index in [4.69, 9.17) is 16.3 Å². The zero-order valence-electron chi connectivity index (χ0n) is 11.0. The average molecular weight is 279 g/mol. The highest BCUT2D eigenvalue weighted by Crippen LogP contribution is 2.25. The molecule has 2 rings (SSSR count). The van der Waals surface area contributed by atoms with Crippen LogP contribution in [0.1, 0.15) is 35.9 Å². The Hall–Kier alpha value is -1.81. The van der Waals surface area contributed by atoms with Gasteiger partial charge in [-0.1, -0.05) is 37.6 Å². The summed E-state index contributed by atoms with van der Waals surface area (Å²) < 4.78 is 4.75. The summed E-state index contributed by atoms with van der Waals surface area (Å²) in [6.45, 7) is 3.98. The molecule has 0 aliphatic carbocycles. The summed E-state index contributed by atoms with van der Waals surface area (Å²) in [5.74, 6) is 0.328. The van der Waals surface area contributed by atoms with Crippen LogP contribution in [0.15, 0.2) is 24.3 Å². The minimum Gasteiger partial charge on any atom is -0.464 e. The first-order chi connectivity index (χ1) is 9.02. The van der Waals surface area contributed by atoms with Crippen LogP contribution in [-0.4, -0.2) is 23.0 Å². The van der Waals surface area contributed by atoms with Gasteiger partial charge in [-0.15, -0.1) is 0 Å². The van der Waals surface area contributed by atoms with Crippen LogP contribution in [0, 0.1) is 0 Å². The Morgan fingerprint density at radius 3 is 2.74 bits per heavy atom. The maximum absolute atomic E-state index is 11.7. The summed E-state index contributed by atoms with van der Waals surface area (Å²) in [4.78, 5) is 19.2. The van der Waals surface area contributed by atoms with Crippen molar-refractivity contribution in [3.8, 4) is 11.4 Å². The third kappa shape index (κ3) is 2.79. The first-order valence-electron chi connectivity index (χ1n) is 5.97. The van der Waals surface area contributed by atoms with Crippen molar-refractivity contribution in [1.82, 2.24) is 9.97 Å². The van der Waals surface area contributed by atoms with Crippen molar-refractivity contribution in [2.75, 3.05) is 7.11 Å². The smallest absolute Gasteiger partial charge is 0.358 e. The van der Waals surface area contributed by atoms with Gasteiger partial charge >= 0.3 is 5.97 Å². The van der Waals surface area contributed by atoms with Gasteiger partial charge in [-0.3, -0.25) is 0 Å². The predicted octanol–water partition coefficient (Wildman–Crippen LogP) is 3.64. The zero-order valence-corrected chi connectivity index (χ0v) is 11.8. The Balaban J connectivity index is 2.51. The number of halogens is 1. The summed E-state index contributed by atoms with van der Waals surface area (Å²) >= 11 is 5.96. The lowest BCUT2D eigenvalue weighted by molar-refractivity contribution is 0.0593. The monoisotopic (exact) mass is 278 g/mol. The van der Waals surface area contributed by atoms with Gasteiger partial charge in [0.25, 0.3) is 0 Å². The van der Waals surface area contributed by atoms with Gasteiger partial charge in [0.1, 0.15) is 5.82 Å². The van der Waals surface area contributed by atoms with E-state index in [1.807, 2.05) is 26.0 Å². The fraction of sp³-hybridized carbons (Fsp3) is 0.286. The van der Waals surface area contributed by atoms with Gasteiger partial charge in [0.2, 0.25) is 0 Å². The number of nitrogens with zero attached hydrogens (tertiary/aromatic N) is 1. The molecule has 0 unspecified atom stereocenters. The Morgan fingerprint density at radius 2 is 2.16 bits per heavy atom. The summed E-state index contributed by atoms with van der Waals surface area (Å²) in [7, 11) is 1.35. The topological polar surface area (TPSA) is 55.0 Å². The third-order valence-electron chi connectivity index (χ3n) is 2.79. The van der Waals surface area contributed by atoms with Gasteiger partial charge in [-0.25, -0.2) is 9.78 Å². The number of carbonyl (C=O) groups is 1. The number of esters is 1. The van der Waals surface area contributed by atoms with Crippen LogP contribution in [0.3, 0.4) is 0 Å². The highest BCUT2D eigenvalue weighted by atomic mass is 35.5. The minimum atomic E-state index is -0.437. The first kappa shape index (κ1) is 13.6. The van der Waals surface area contributed by atoms with Crippen molar-refractivity contribution >= 4 is 17.6 Å². The molecule has 0 fully saturated rings. The number of rotatable bonds is 3. The number of benzene rings is 1. The normalized spacial score (nSPS) is 10.8. The highest BCUT2D eigenvalue weighted by Gasteiger charge is 2.20. The summed E-state index contributed by atoms with van der Waals surface area (Å²) in [6.07, 6.45) is 0. The van der Waals surface area contributed by atoms with E-state index >= 15 is 0 Å². The van der Waals surface area contributed by atoms with Crippen molar-refractivity contribution < 1.29 is 9.53 Å². The highest BCUT2D eigenvalue weighted by molar-refractivity contribution is 6.30. The van der Waals surface area contributed by atoms with Gasteiger partial charge in [0, 0.05) is 10.6 Å². The summed E-state index contributed by atoms with van der Waals surface area (Å²) in [5.41, 5.74) is 1.93. The van der Waals surface area contributed by atoms with Gasteiger partial charge < -0.3 is 9.72 Å². The van der Waals surface area contributed by atoms with Gasteiger partial charge in [-0.05, 0) is 18.1 Å². The van der Waals surface area contributed by atoms with Gasteiger partial charge in [-0.2, -0.15) is 0 Å². The Bertz CT molecular complexity index is 605. The molecular formula is C14H15ClN2O2. The number of methoxy groups -OCH3 is 1. The van der Waals surface area contributed by atoms with E-state index in [1.165, 1.54) is 7.11 Å². The Labute approximate surface area is 116 Å². The maximum atomic E-state index is 11.7. The molecule has 4 nitrogen and oxygen atoms in total. The molecule has 0 aliphatic rings. The second kappa shape index (κ2) is 5.45. The fourth-order valence-corrected chi connectivity index (χ4v) is 2.02. The van der Waals surface area contributed by atoms with Gasteiger partial charge in [0.15, 0.2) is 5.69 Å². The molecule has 5 heteroatoms. The average Bonchev–Trinajstić information content (AvgIpc) is 2.83. The van der Waals surface area contributed by atoms with E-state index in [2.05, 4.69) is 9.97 Å². The summed E-state index contributed by atoms with van der Waals surface area (Å²) in [5, 5.41) is 0.625. The number of carbonyl (C=O) groups excluding carboxylic acids is 1. The minimum absolute atomic E-state index is 0.148. The first-order valence-corrected chi connectivity index (χ1v) is 6.35. The lowest BCUT2D eigenvalue weighted by Gasteiger charge is -2.03. The van der Waals surface area contributed by atoms with Crippen LogP contribution in [0.25, 0.3) is 11.4 Å². The molecular weight excluding hydrogens is 264 g/mol. The number of H-pyrrole nitrogens is 1. The SMILES string of the molecule is COC(=O)c1nc(-c2cccc(Cl)c2)[nH]c1C(C)C. The Morgan fingerprint density at radius 1 is 1.42 bits per heavy atom. The van der Waals surface area contributed by atoms with E-state index in [0.717, 1.165) is 11.3 Å². The molecule has 0 amide bonds. The molecule has 1 aromatic carbocycles. The third-order valence-corrected chi connectivity index (χ3v) is 3.02. The number of hydrogen-bond donors (Lipinski definition) is 1. The molecule has 1 N–H and O–H groups in total. The van der Waals surface area contributed by atoms with Crippen LogP contribution in [0.2, 0.25) is 5.02 Å². The van der Waals surface area contributed by atoms with E-state index in [1.54, 1.807) is 12.1 Å². The lowest BCUT2D eigenvalue weighted by atomic mass is 10.1.